The molecule has 0 spiro atoms. The standard InChI is InChI=1S/C15H20N2/c1-13-9-11-17(12-15(13)16)10-5-8-14-6-3-2-4-7-14/h2-4,6-7,13,15H,9-12,16H2,1H3. The van der Waals surface area contributed by atoms with Crippen LogP contribution in [-0.2, 0) is 0 Å². The molecule has 1 aromatic carbocycles. The molecule has 2 heteroatoms. The van der Waals surface area contributed by atoms with Gasteiger partial charge in [-0.2, -0.15) is 0 Å². The van der Waals surface area contributed by atoms with Crippen LogP contribution in [0.1, 0.15) is 18.9 Å². The van der Waals surface area contributed by atoms with Crippen molar-refractivity contribution in [2.24, 2.45) is 11.7 Å². The van der Waals surface area contributed by atoms with Crippen molar-refractivity contribution in [3.05, 3.63) is 35.9 Å². The molecule has 1 saturated heterocycles. The second-order valence-corrected chi connectivity index (χ2v) is 4.83. The summed E-state index contributed by atoms with van der Waals surface area (Å²) in [6.07, 6.45) is 1.19. The molecule has 0 saturated carbocycles. The van der Waals surface area contributed by atoms with Gasteiger partial charge in [-0.25, -0.2) is 0 Å². The van der Waals surface area contributed by atoms with Crippen LogP contribution in [0.4, 0.5) is 0 Å². The minimum Gasteiger partial charge on any atom is -0.326 e. The van der Waals surface area contributed by atoms with Crippen LogP contribution in [0.15, 0.2) is 30.3 Å². The third-order valence-corrected chi connectivity index (χ3v) is 3.41. The van der Waals surface area contributed by atoms with Crippen molar-refractivity contribution >= 4 is 0 Å². The highest BCUT2D eigenvalue weighted by Gasteiger charge is 2.21. The largest absolute Gasteiger partial charge is 0.326 e. The average Bonchev–Trinajstić information content (AvgIpc) is 2.35. The third-order valence-electron chi connectivity index (χ3n) is 3.41. The van der Waals surface area contributed by atoms with Crippen LogP contribution in [0.5, 0.6) is 0 Å². The number of rotatable bonds is 1. The summed E-state index contributed by atoms with van der Waals surface area (Å²) >= 11 is 0. The van der Waals surface area contributed by atoms with Gasteiger partial charge in [0.25, 0.3) is 0 Å². The summed E-state index contributed by atoms with van der Waals surface area (Å²) in [5, 5.41) is 0. The van der Waals surface area contributed by atoms with Crippen LogP contribution in [0.3, 0.4) is 0 Å². The summed E-state index contributed by atoms with van der Waals surface area (Å²) in [4.78, 5) is 2.35. The monoisotopic (exact) mass is 228 g/mol. The van der Waals surface area contributed by atoms with E-state index in [4.69, 9.17) is 5.73 Å². The predicted octanol–water partition coefficient (Wildman–Crippen LogP) is 1.71. The topological polar surface area (TPSA) is 29.3 Å². The summed E-state index contributed by atoms with van der Waals surface area (Å²) in [7, 11) is 0. The molecule has 2 N–H and O–H groups in total. The first-order chi connectivity index (χ1) is 8.25. The normalized spacial score (nSPS) is 25.1. The van der Waals surface area contributed by atoms with E-state index >= 15 is 0 Å². The Hall–Kier alpha value is -1.30. The number of piperidine rings is 1. The number of benzene rings is 1. The second-order valence-electron chi connectivity index (χ2n) is 4.83. The fourth-order valence-electron chi connectivity index (χ4n) is 2.09. The highest BCUT2D eigenvalue weighted by atomic mass is 15.1. The van der Waals surface area contributed by atoms with E-state index in [0.717, 1.165) is 25.2 Å². The maximum Gasteiger partial charge on any atom is 0.0605 e. The van der Waals surface area contributed by atoms with Gasteiger partial charge in [-0.1, -0.05) is 37.0 Å². The first kappa shape index (κ1) is 12.2. The van der Waals surface area contributed by atoms with Crippen LogP contribution in [-0.4, -0.2) is 30.6 Å². The smallest absolute Gasteiger partial charge is 0.0605 e. The maximum absolute atomic E-state index is 6.06. The minimum absolute atomic E-state index is 0.308. The Balaban J connectivity index is 1.85. The molecule has 0 aromatic heterocycles. The lowest BCUT2D eigenvalue weighted by Gasteiger charge is -2.33. The van der Waals surface area contributed by atoms with E-state index < -0.39 is 0 Å². The Morgan fingerprint density at radius 1 is 1.35 bits per heavy atom. The quantitative estimate of drug-likeness (QED) is 0.741. The van der Waals surface area contributed by atoms with Crippen LogP contribution >= 0.6 is 0 Å². The molecule has 0 aliphatic carbocycles. The summed E-state index contributed by atoms with van der Waals surface area (Å²) in [6.45, 7) is 5.16. The Bertz CT molecular complexity index is 402. The fourth-order valence-corrected chi connectivity index (χ4v) is 2.09. The summed E-state index contributed by atoms with van der Waals surface area (Å²) in [5.41, 5.74) is 7.15. The van der Waals surface area contributed by atoms with Gasteiger partial charge in [0.1, 0.15) is 0 Å². The first-order valence-electron chi connectivity index (χ1n) is 6.27. The van der Waals surface area contributed by atoms with Gasteiger partial charge in [0.15, 0.2) is 0 Å². The Kier molecular flexibility index (Phi) is 4.19. The molecule has 0 radical (unpaired) electrons. The zero-order chi connectivity index (χ0) is 12.1. The van der Waals surface area contributed by atoms with Gasteiger partial charge >= 0.3 is 0 Å². The van der Waals surface area contributed by atoms with E-state index in [1.54, 1.807) is 0 Å². The Morgan fingerprint density at radius 2 is 2.12 bits per heavy atom. The van der Waals surface area contributed by atoms with Gasteiger partial charge < -0.3 is 5.73 Å². The maximum atomic E-state index is 6.06. The summed E-state index contributed by atoms with van der Waals surface area (Å²) in [6, 6.07) is 10.4. The molecule has 0 bridgehead atoms. The molecule has 2 unspecified atom stereocenters. The number of likely N-dealkylation sites (tertiary alicyclic amines) is 1. The SMILES string of the molecule is CC1CCN(CC#Cc2ccccc2)CC1N. The molecule has 2 rings (SSSR count). The predicted molar refractivity (Wildman–Crippen MR) is 71.5 cm³/mol. The van der Waals surface area contributed by atoms with Crippen LogP contribution in [0, 0.1) is 17.8 Å². The first-order valence-corrected chi connectivity index (χ1v) is 6.27. The minimum atomic E-state index is 0.308. The average molecular weight is 228 g/mol. The summed E-state index contributed by atoms with van der Waals surface area (Å²) in [5.74, 6) is 7.06. The zero-order valence-corrected chi connectivity index (χ0v) is 10.4. The van der Waals surface area contributed by atoms with E-state index in [2.05, 4.69) is 23.7 Å². The molecule has 1 heterocycles. The van der Waals surface area contributed by atoms with Gasteiger partial charge in [0, 0.05) is 18.2 Å². The Labute approximate surface area is 104 Å². The lowest BCUT2D eigenvalue weighted by molar-refractivity contribution is 0.186. The van der Waals surface area contributed by atoms with Gasteiger partial charge in [-0.05, 0) is 31.0 Å². The second kappa shape index (κ2) is 5.86. The molecular formula is C15H20N2. The third kappa shape index (κ3) is 3.59. The van der Waals surface area contributed by atoms with Gasteiger partial charge in [-0.3, -0.25) is 4.90 Å². The molecule has 90 valence electrons. The van der Waals surface area contributed by atoms with Crippen LogP contribution in [0.2, 0.25) is 0 Å². The van der Waals surface area contributed by atoms with Crippen molar-refractivity contribution in [3.8, 4) is 11.8 Å². The van der Waals surface area contributed by atoms with Gasteiger partial charge in [0.05, 0.1) is 6.54 Å². The van der Waals surface area contributed by atoms with Crippen LogP contribution < -0.4 is 5.73 Å². The van der Waals surface area contributed by atoms with E-state index in [-0.39, 0.29) is 0 Å². The number of hydrogen-bond acceptors (Lipinski definition) is 2. The van der Waals surface area contributed by atoms with Crippen molar-refractivity contribution in [2.45, 2.75) is 19.4 Å². The zero-order valence-electron chi connectivity index (χ0n) is 10.4. The molecule has 0 amide bonds. The van der Waals surface area contributed by atoms with Crippen molar-refractivity contribution in [2.75, 3.05) is 19.6 Å². The molecule has 17 heavy (non-hydrogen) atoms. The van der Waals surface area contributed by atoms with Crippen molar-refractivity contribution in [3.63, 3.8) is 0 Å². The number of hydrogen-bond donors (Lipinski definition) is 1. The van der Waals surface area contributed by atoms with Gasteiger partial charge in [0.2, 0.25) is 0 Å². The lowest BCUT2D eigenvalue weighted by Crippen LogP contribution is -2.47. The highest BCUT2D eigenvalue weighted by molar-refractivity contribution is 5.33. The molecule has 1 fully saturated rings. The molecule has 2 nitrogen and oxygen atoms in total. The van der Waals surface area contributed by atoms with E-state index in [0.29, 0.717) is 12.0 Å². The van der Waals surface area contributed by atoms with E-state index in [1.165, 1.54) is 6.42 Å². The summed E-state index contributed by atoms with van der Waals surface area (Å²) < 4.78 is 0. The van der Waals surface area contributed by atoms with E-state index in [1.807, 2.05) is 30.3 Å². The van der Waals surface area contributed by atoms with E-state index in [9.17, 15) is 0 Å². The fraction of sp³-hybridized carbons (Fsp3) is 0.467. The molecule has 1 aliphatic heterocycles. The molecule has 1 aliphatic rings. The molecule has 2 atom stereocenters. The lowest BCUT2D eigenvalue weighted by atomic mass is 9.94. The highest BCUT2D eigenvalue weighted by Crippen LogP contribution is 2.14. The number of nitrogens with zero attached hydrogens (tertiary/aromatic N) is 1. The van der Waals surface area contributed by atoms with Crippen LogP contribution in [0.25, 0.3) is 0 Å². The molecular weight excluding hydrogens is 208 g/mol. The number of nitrogens with two attached hydrogens (primary N) is 1. The Morgan fingerprint density at radius 3 is 2.82 bits per heavy atom. The van der Waals surface area contributed by atoms with Crippen molar-refractivity contribution in [1.29, 1.82) is 0 Å². The molecule has 1 aromatic rings. The van der Waals surface area contributed by atoms with Crippen molar-refractivity contribution < 1.29 is 0 Å². The van der Waals surface area contributed by atoms with Gasteiger partial charge in [-0.15, -0.1) is 0 Å². The van der Waals surface area contributed by atoms with Crippen molar-refractivity contribution in [1.82, 2.24) is 4.90 Å².